The van der Waals surface area contributed by atoms with Crippen LogP contribution in [0.5, 0.6) is 0 Å². The summed E-state index contributed by atoms with van der Waals surface area (Å²) in [7, 11) is -30.5. The van der Waals surface area contributed by atoms with E-state index in [0.717, 1.165) is 0 Å². The molecule has 184 valence electrons. The molecule has 0 aromatic heterocycles. The molecule has 0 spiro atoms. The van der Waals surface area contributed by atoms with Crippen molar-refractivity contribution in [3.05, 3.63) is 0 Å². The molecule has 38 heavy (non-hydrogen) atoms. The number of hydrogen-bond donors (Lipinski definition) is 5. The number of rotatable bonds is 4. The molecule has 11 atom stereocenters. The Hall–Kier alpha value is 6.73. The third kappa shape index (κ3) is 12.3. The van der Waals surface area contributed by atoms with Gasteiger partial charge >= 0.3 is 224 Å². The van der Waals surface area contributed by atoms with Gasteiger partial charge in [0.1, 0.15) is 30.5 Å². The average molecular weight is 725 g/mol. The fourth-order valence-electron chi connectivity index (χ4n) is 3.54. The van der Waals surface area contributed by atoms with E-state index in [1.165, 1.54) is 0 Å². The molecule has 19 nitrogen and oxygen atoms in total. The largest absolute Gasteiger partial charge is 1.00 e. The molecule has 31 heteroatoms. The minimum atomic E-state index is -5.50. The summed E-state index contributed by atoms with van der Waals surface area (Å²) in [5.74, 6) is -1.82. The van der Waals surface area contributed by atoms with Crippen molar-refractivity contribution in [2.24, 2.45) is 5.92 Å². The summed E-state index contributed by atoms with van der Waals surface area (Å²) in [6.45, 7) is 0. The van der Waals surface area contributed by atoms with Crippen LogP contribution >= 0.6 is 47.1 Å². The fourth-order valence-corrected chi connectivity index (χ4v) is 11.8. The van der Waals surface area contributed by atoms with Crippen molar-refractivity contribution in [1.82, 2.24) is 0 Å². The Labute approximate surface area is 348 Å². The third-order valence-electron chi connectivity index (χ3n) is 4.38. The SMILES string of the molecule is O=[P+](O)CC1C(OP(=O)(O)O)C2OP(=O)(O)OP3(=O)OC2C2OP(=O)(OP(=O)(O)OC12)O3.[Na+].[Na+].[Na+].[Na+].[Na+].[Na+]. The van der Waals surface area contributed by atoms with Gasteiger partial charge in [-0.3, -0.25) is 22.6 Å². The zero-order valence-electron chi connectivity index (χ0n) is 20.8. The summed E-state index contributed by atoms with van der Waals surface area (Å²) in [6, 6.07) is 0. The summed E-state index contributed by atoms with van der Waals surface area (Å²) in [4.78, 5) is 47.8. The van der Waals surface area contributed by atoms with Gasteiger partial charge in [-0.25, -0.2) is 22.8 Å². The Morgan fingerprint density at radius 2 is 1.11 bits per heavy atom. The maximum atomic E-state index is 12.8. The van der Waals surface area contributed by atoms with E-state index in [-0.39, 0.29) is 177 Å². The van der Waals surface area contributed by atoms with Crippen molar-refractivity contribution in [1.29, 1.82) is 0 Å². The molecule has 4 fully saturated rings. The monoisotopic (exact) mass is 725 g/mol. The fraction of sp³-hybridized carbons (Fsp3) is 1.00. The van der Waals surface area contributed by atoms with Crippen LogP contribution in [0.2, 0.25) is 0 Å². The third-order valence-corrected chi connectivity index (χ3v) is 12.5. The molecular weight excluding hydrogens is 712 g/mol. The zero-order valence-corrected chi connectivity index (χ0v) is 38.2. The predicted molar refractivity (Wildman–Crippen MR) is 92.7 cm³/mol. The molecule has 11 unspecified atom stereocenters. The average Bonchev–Trinajstić information content (AvgIpc) is 2.76. The van der Waals surface area contributed by atoms with E-state index in [0.29, 0.717) is 0 Å². The number of fused-ring (bicyclic) bond motifs is 2. The molecule has 3 aliphatic heterocycles. The van der Waals surface area contributed by atoms with Gasteiger partial charge in [-0.05, 0) is 4.57 Å². The van der Waals surface area contributed by atoms with Crippen LogP contribution in [0.25, 0.3) is 0 Å². The summed E-state index contributed by atoms with van der Waals surface area (Å²) < 4.78 is 111. The van der Waals surface area contributed by atoms with Gasteiger partial charge in [-0.2, -0.15) is 17.8 Å². The van der Waals surface area contributed by atoms with Gasteiger partial charge in [-0.15, -0.1) is 0 Å². The first kappa shape index (κ1) is 49.1. The van der Waals surface area contributed by atoms with Gasteiger partial charge in [0.25, 0.3) is 0 Å². The smallest absolute Gasteiger partial charge is 0.303 e. The van der Waals surface area contributed by atoms with Crippen LogP contribution < -0.4 is 177 Å². The van der Waals surface area contributed by atoms with Crippen LogP contribution in [0.3, 0.4) is 0 Å². The molecule has 4 rings (SSSR count). The molecule has 4 bridgehead atoms. The molecule has 3 saturated heterocycles. The Morgan fingerprint density at radius 1 is 0.711 bits per heavy atom. The molecule has 1 saturated carbocycles. The van der Waals surface area contributed by atoms with Crippen LogP contribution in [0.15, 0.2) is 0 Å². The van der Waals surface area contributed by atoms with Gasteiger partial charge in [0.05, 0.1) is 5.92 Å². The molecular formula is C7H13Na6O19P6+7. The van der Waals surface area contributed by atoms with Gasteiger partial charge in [-0.1, -0.05) is 0 Å². The predicted octanol–water partition coefficient (Wildman–Crippen LogP) is -17.1. The second-order valence-corrected chi connectivity index (χ2v) is 15.3. The van der Waals surface area contributed by atoms with E-state index < -0.39 is 89.7 Å². The molecule has 5 N–H and O–H groups in total. The maximum Gasteiger partial charge on any atom is 1.00 e. The Balaban J connectivity index is -0.00000204. The minimum Gasteiger partial charge on any atom is -0.303 e. The normalized spacial score (nSPS) is 45.2. The zero-order chi connectivity index (χ0) is 23.9. The summed E-state index contributed by atoms with van der Waals surface area (Å²) >= 11 is 0. The van der Waals surface area contributed by atoms with Crippen LogP contribution in [-0.4, -0.2) is 61.1 Å². The first-order valence-corrected chi connectivity index (χ1v) is 16.8. The number of phosphoric ester groups is 3. The van der Waals surface area contributed by atoms with E-state index in [4.69, 9.17) is 18.1 Å². The topological polar surface area (TPSA) is 277 Å². The molecule has 0 amide bonds. The second kappa shape index (κ2) is 17.9. The van der Waals surface area contributed by atoms with Gasteiger partial charge < -0.3 is 19.6 Å². The Bertz CT molecular complexity index is 1080. The second-order valence-electron chi connectivity index (χ2n) is 6.62. The molecule has 1 aliphatic carbocycles. The minimum absolute atomic E-state index is 0. The molecule has 0 aromatic rings. The van der Waals surface area contributed by atoms with Gasteiger partial charge in [0.2, 0.25) is 0 Å². The molecule has 0 radical (unpaired) electrons. The van der Waals surface area contributed by atoms with Crippen LogP contribution in [0, 0.1) is 5.92 Å². The summed E-state index contributed by atoms with van der Waals surface area (Å²) in [5, 5.41) is 0. The molecule has 3 heterocycles. The van der Waals surface area contributed by atoms with Crippen LogP contribution in [0.1, 0.15) is 0 Å². The Kier molecular flexibility index (Phi) is 23.2. The molecule has 4 aliphatic rings. The van der Waals surface area contributed by atoms with Crippen molar-refractivity contribution in [3.8, 4) is 0 Å². The number of hydrogen-bond acceptors (Lipinski definition) is 14. The van der Waals surface area contributed by atoms with Crippen molar-refractivity contribution in [2.75, 3.05) is 6.16 Å². The Morgan fingerprint density at radius 3 is 1.50 bits per heavy atom. The molecule has 0 aromatic carbocycles. The summed E-state index contributed by atoms with van der Waals surface area (Å²) in [6.07, 6.45) is -11.4. The van der Waals surface area contributed by atoms with E-state index in [2.05, 4.69) is 17.5 Å². The van der Waals surface area contributed by atoms with Gasteiger partial charge in [0, 0.05) is 0 Å². The standard InChI is InChI=1S/C7H12O19P6.6Na/c8-27(9)1-2-3(19-28(10,11)12)5-7-6-4(2)20-29(13,14)24-31(17,22-6)26-32(18,23-7)25-30(15,16)21-5;;;;;;/h2-7H,1H2,(H4-,8,9,10,11,12,13,14,15,16);;;;;;/q;6*+1/p+1. The van der Waals surface area contributed by atoms with Crippen molar-refractivity contribution >= 4 is 47.1 Å². The first-order chi connectivity index (χ1) is 14.4. The van der Waals surface area contributed by atoms with Gasteiger partial charge in [0.15, 0.2) is 6.16 Å². The quantitative estimate of drug-likeness (QED) is 0.133. The van der Waals surface area contributed by atoms with E-state index >= 15 is 0 Å². The van der Waals surface area contributed by atoms with Crippen molar-refractivity contribution in [2.45, 2.75) is 30.5 Å². The van der Waals surface area contributed by atoms with E-state index in [1.54, 1.807) is 0 Å². The van der Waals surface area contributed by atoms with E-state index in [1.807, 2.05) is 0 Å². The summed E-state index contributed by atoms with van der Waals surface area (Å²) in [5.41, 5.74) is 0. The van der Waals surface area contributed by atoms with Crippen molar-refractivity contribution < 1.29 is 265 Å². The van der Waals surface area contributed by atoms with Crippen molar-refractivity contribution in [3.63, 3.8) is 0 Å². The van der Waals surface area contributed by atoms with Crippen LogP contribution in [-0.2, 0) is 62.9 Å². The first-order valence-electron chi connectivity index (χ1n) is 8.01. The maximum absolute atomic E-state index is 12.8. The van der Waals surface area contributed by atoms with Crippen LogP contribution in [0.4, 0.5) is 0 Å². The van der Waals surface area contributed by atoms with E-state index in [9.17, 15) is 51.9 Å². The number of phosphoric acid groups is 5.